The van der Waals surface area contributed by atoms with Crippen LogP contribution in [-0.2, 0) is 4.79 Å². The molecule has 0 aliphatic carbocycles. The van der Waals surface area contributed by atoms with Crippen LogP contribution in [0.15, 0.2) is 12.1 Å². The molecule has 0 amide bonds. The van der Waals surface area contributed by atoms with Gasteiger partial charge < -0.3 is 25.1 Å². The fraction of sp³-hybridized carbons (Fsp3) is 0.533. The first-order valence-corrected chi connectivity index (χ1v) is 6.55. The van der Waals surface area contributed by atoms with Crippen LogP contribution in [-0.4, -0.2) is 37.9 Å². The van der Waals surface area contributed by atoms with E-state index in [2.05, 4.69) is 0 Å². The second kappa shape index (κ2) is 6.67. The van der Waals surface area contributed by atoms with Crippen LogP contribution in [0.5, 0.6) is 17.2 Å². The van der Waals surface area contributed by atoms with E-state index in [1.165, 1.54) is 21.3 Å². The van der Waals surface area contributed by atoms with Crippen molar-refractivity contribution in [3.63, 3.8) is 0 Å². The quantitative estimate of drug-likeness (QED) is 0.800. The zero-order valence-corrected chi connectivity index (χ0v) is 13.1. The molecule has 1 aromatic carbocycles. The van der Waals surface area contributed by atoms with E-state index in [1.54, 1.807) is 26.0 Å². The van der Waals surface area contributed by atoms with Gasteiger partial charge in [-0.15, -0.1) is 0 Å². The first-order chi connectivity index (χ1) is 9.74. The molecule has 3 N–H and O–H groups in total. The van der Waals surface area contributed by atoms with Crippen LogP contribution in [0.25, 0.3) is 0 Å². The number of methoxy groups -OCH3 is 3. The van der Waals surface area contributed by atoms with Gasteiger partial charge in [0.1, 0.15) is 5.75 Å². The van der Waals surface area contributed by atoms with E-state index < -0.39 is 17.4 Å². The van der Waals surface area contributed by atoms with Crippen LogP contribution in [0.2, 0.25) is 0 Å². The molecule has 0 saturated heterocycles. The third kappa shape index (κ3) is 4.01. The Balaban J connectivity index is 3.45. The Labute approximate surface area is 124 Å². The summed E-state index contributed by atoms with van der Waals surface area (Å²) in [6.45, 7) is 3.58. The lowest BCUT2D eigenvalue weighted by molar-refractivity contribution is -0.137. The molecule has 21 heavy (non-hydrogen) atoms. The number of hydrogen-bond donors (Lipinski definition) is 2. The molecule has 0 aliphatic heterocycles. The molecule has 0 radical (unpaired) electrons. The zero-order chi connectivity index (χ0) is 16.2. The normalized spacial score (nSPS) is 12.7. The van der Waals surface area contributed by atoms with E-state index in [-0.39, 0.29) is 6.42 Å². The average molecular weight is 297 g/mol. The minimum atomic E-state index is -0.921. The van der Waals surface area contributed by atoms with Crippen LogP contribution in [0.4, 0.5) is 0 Å². The maximum Gasteiger partial charge on any atom is 0.304 e. The highest BCUT2D eigenvalue weighted by molar-refractivity contribution is 5.69. The number of carboxylic acid groups (broad SMARTS) is 1. The fourth-order valence-corrected chi connectivity index (χ4v) is 2.27. The molecule has 1 aromatic rings. The van der Waals surface area contributed by atoms with Gasteiger partial charge in [-0.3, -0.25) is 4.79 Å². The predicted octanol–water partition coefficient (Wildman–Crippen LogP) is 2.01. The van der Waals surface area contributed by atoms with E-state index in [0.29, 0.717) is 22.8 Å². The Hall–Kier alpha value is -1.95. The smallest absolute Gasteiger partial charge is 0.304 e. The number of nitrogens with two attached hydrogens (primary N) is 1. The third-order valence-electron chi connectivity index (χ3n) is 3.39. The summed E-state index contributed by atoms with van der Waals surface area (Å²) in [5.74, 6) is 0.201. The summed E-state index contributed by atoms with van der Waals surface area (Å²) >= 11 is 0. The van der Waals surface area contributed by atoms with Gasteiger partial charge in [0.15, 0.2) is 11.5 Å². The van der Waals surface area contributed by atoms with Crippen molar-refractivity contribution < 1.29 is 24.1 Å². The molecule has 0 spiro atoms. The summed E-state index contributed by atoms with van der Waals surface area (Å²) in [6, 6.07) is 3.40. The lowest BCUT2D eigenvalue weighted by Gasteiger charge is -2.31. The number of carboxylic acids is 1. The minimum absolute atomic E-state index is 0.102. The van der Waals surface area contributed by atoms with Crippen molar-refractivity contribution in [2.45, 2.75) is 31.7 Å². The summed E-state index contributed by atoms with van der Waals surface area (Å²) in [6.07, 6.45) is -0.102. The van der Waals surface area contributed by atoms with Gasteiger partial charge in [0.2, 0.25) is 0 Å². The van der Waals surface area contributed by atoms with E-state index >= 15 is 0 Å². The van der Waals surface area contributed by atoms with Crippen LogP contribution >= 0.6 is 0 Å². The van der Waals surface area contributed by atoms with Crippen molar-refractivity contribution in [1.82, 2.24) is 0 Å². The standard InChI is InChI=1S/C15H23NO5/c1-15(2,16)10(7-14(17)18)9-6-12(20-4)13(21-5)8-11(9)19-3/h6,8,10H,7,16H2,1-5H3,(H,17,18). The Morgan fingerprint density at radius 1 is 1.14 bits per heavy atom. The number of benzene rings is 1. The summed E-state index contributed by atoms with van der Waals surface area (Å²) < 4.78 is 15.9. The summed E-state index contributed by atoms with van der Waals surface area (Å²) in [7, 11) is 4.57. The van der Waals surface area contributed by atoms with E-state index in [1.807, 2.05) is 0 Å². The van der Waals surface area contributed by atoms with Gasteiger partial charge in [0.25, 0.3) is 0 Å². The Morgan fingerprint density at radius 2 is 1.62 bits per heavy atom. The molecule has 0 heterocycles. The highest BCUT2D eigenvalue weighted by Gasteiger charge is 2.32. The second-order valence-electron chi connectivity index (χ2n) is 5.42. The molecule has 1 rings (SSSR count). The van der Waals surface area contributed by atoms with Gasteiger partial charge in [0.05, 0.1) is 27.8 Å². The van der Waals surface area contributed by atoms with Crippen molar-refractivity contribution in [1.29, 1.82) is 0 Å². The first kappa shape index (κ1) is 17.1. The van der Waals surface area contributed by atoms with Crippen LogP contribution in [0.3, 0.4) is 0 Å². The number of hydrogen-bond acceptors (Lipinski definition) is 5. The van der Waals surface area contributed by atoms with Crippen molar-refractivity contribution in [2.75, 3.05) is 21.3 Å². The second-order valence-corrected chi connectivity index (χ2v) is 5.42. The van der Waals surface area contributed by atoms with Gasteiger partial charge in [-0.2, -0.15) is 0 Å². The molecule has 0 fully saturated rings. The van der Waals surface area contributed by atoms with Crippen LogP contribution in [0, 0.1) is 0 Å². The molecule has 0 saturated carbocycles. The van der Waals surface area contributed by atoms with Gasteiger partial charge >= 0.3 is 5.97 Å². The fourth-order valence-electron chi connectivity index (χ4n) is 2.27. The third-order valence-corrected chi connectivity index (χ3v) is 3.39. The predicted molar refractivity (Wildman–Crippen MR) is 79.4 cm³/mol. The molecule has 0 aliphatic rings. The zero-order valence-electron chi connectivity index (χ0n) is 13.1. The van der Waals surface area contributed by atoms with Crippen molar-refractivity contribution >= 4 is 5.97 Å². The average Bonchev–Trinajstić information content (AvgIpc) is 2.41. The molecule has 1 unspecified atom stereocenters. The van der Waals surface area contributed by atoms with Gasteiger partial charge in [-0.25, -0.2) is 0 Å². The van der Waals surface area contributed by atoms with E-state index in [9.17, 15) is 4.79 Å². The van der Waals surface area contributed by atoms with Crippen LogP contribution < -0.4 is 19.9 Å². The minimum Gasteiger partial charge on any atom is -0.496 e. The lowest BCUT2D eigenvalue weighted by Crippen LogP contribution is -2.40. The summed E-state index contributed by atoms with van der Waals surface area (Å²) in [4.78, 5) is 11.2. The van der Waals surface area contributed by atoms with Gasteiger partial charge in [0, 0.05) is 23.1 Å². The van der Waals surface area contributed by atoms with Crippen molar-refractivity contribution in [3.05, 3.63) is 17.7 Å². The lowest BCUT2D eigenvalue weighted by atomic mass is 9.80. The van der Waals surface area contributed by atoms with E-state index in [4.69, 9.17) is 25.1 Å². The van der Waals surface area contributed by atoms with Crippen molar-refractivity contribution in [3.8, 4) is 17.2 Å². The Kier molecular flexibility index (Phi) is 5.43. The molecule has 6 nitrogen and oxygen atoms in total. The topological polar surface area (TPSA) is 91.0 Å². The Morgan fingerprint density at radius 3 is 2.00 bits per heavy atom. The molecule has 6 heteroatoms. The molecule has 1 atom stereocenters. The maximum absolute atomic E-state index is 11.2. The number of carbonyl (C=O) groups is 1. The summed E-state index contributed by atoms with van der Waals surface area (Å²) in [5.41, 5.74) is 6.11. The first-order valence-electron chi connectivity index (χ1n) is 6.55. The molecular weight excluding hydrogens is 274 g/mol. The number of rotatable bonds is 7. The SMILES string of the molecule is COc1cc(OC)c(C(CC(=O)O)C(C)(C)N)cc1OC. The highest BCUT2D eigenvalue weighted by atomic mass is 16.5. The van der Waals surface area contributed by atoms with Crippen LogP contribution in [0.1, 0.15) is 31.7 Å². The van der Waals surface area contributed by atoms with Gasteiger partial charge in [-0.05, 0) is 19.9 Å². The maximum atomic E-state index is 11.2. The molecule has 0 aromatic heterocycles. The summed E-state index contributed by atoms with van der Waals surface area (Å²) in [5, 5.41) is 9.15. The number of ether oxygens (including phenoxy) is 3. The van der Waals surface area contributed by atoms with Crippen molar-refractivity contribution in [2.24, 2.45) is 5.73 Å². The highest BCUT2D eigenvalue weighted by Crippen LogP contribution is 2.42. The number of aliphatic carboxylic acids is 1. The monoisotopic (exact) mass is 297 g/mol. The molecular formula is C15H23NO5. The largest absolute Gasteiger partial charge is 0.496 e. The Bertz CT molecular complexity index is 508. The van der Waals surface area contributed by atoms with Gasteiger partial charge in [-0.1, -0.05) is 0 Å². The molecule has 118 valence electrons. The molecule has 0 bridgehead atoms. The van der Waals surface area contributed by atoms with E-state index in [0.717, 1.165) is 0 Å².